The predicted octanol–water partition coefficient (Wildman–Crippen LogP) is 3.93. The van der Waals surface area contributed by atoms with Crippen molar-refractivity contribution in [2.45, 2.75) is 52.0 Å². The van der Waals surface area contributed by atoms with E-state index in [2.05, 4.69) is 30.6 Å². The number of carbonyl (C=O) groups is 1. The number of aromatic nitrogens is 2. The number of halogens is 1. The van der Waals surface area contributed by atoms with Crippen LogP contribution in [0.2, 0.25) is 5.02 Å². The average Bonchev–Trinajstić information content (AvgIpc) is 3.58. The molecule has 162 valence electrons. The van der Waals surface area contributed by atoms with Crippen LogP contribution in [0.15, 0.2) is 18.2 Å². The highest BCUT2D eigenvalue weighted by Crippen LogP contribution is 2.40. The third-order valence-electron chi connectivity index (χ3n) is 6.23. The molecule has 0 radical (unpaired) electrons. The molecule has 0 bridgehead atoms. The molecule has 2 aliphatic rings. The van der Waals surface area contributed by atoms with Crippen LogP contribution in [0, 0.1) is 0 Å². The summed E-state index contributed by atoms with van der Waals surface area (Å²) >= 11 is 6.24. The maximum Gasteiger partial charge on any atom is 0.224 e. The summed E-state index contributed by atoms with van der Waals surface area (Å²) in [7, 11) is 0. The summed E-state index contributed by atoms with van der Waals surface area (Å²) in [5, 5.41) is 1.69. The Morgan fingerprint density at radius 1 is 1.20 bits per heavy atom. The molecule has 1 saturated carbocycles. The van der Waals surface area contributed by atoms with E-state index < -0.39 is 0 Å². The summed E-state index contributed by atoms with van der Waals surface area (Å²) < 4.78 is 0. The number of benzene rings is 1. The summed E-state index contributed by atoms with van der Waals surface area (Å²) in [4.78, 5) is 29.3. The average molecular weight is 430 g/mol. The van der Waals surface area contributed by atoms with Crippen molar-refractivity contribution in [2.24, 2.45) is 0 Å². The highest BCUT2D eigenvalue weighted by Gasteiger charge is 2.29. The Balaban J connectivity index is 1.54. The molecule has 1 saturated heterocycles. The normalized spacial score (nSPS) is 17.7. The Morgan fingerprint density at radius 3 is 2.57 bits per heavy atom. The van der Waals surface area contributed by atoms with E-state index in [1.54, 1.807) is 0 Å². The zero-order valence-corrected chi connectivity index (χ0v) is 19.0. The van der Waals surface area contributed by atoms with Crippen LogP contribution in [-0.4, -0.2) is 71.0 Å². The van der Waals surface area contributed by atoms with Gasteiger partial charge in [0.15, 0.2) is 0 Å². The molecule has 1 amide bonds. The van der Waals surface area contributed by atoms with Gasteiger partial charge in [0.05, 0.1) is 5.52 Å². The Bertz CT molecular complexity index is 906. The first kappa shape index (κ1) is 21.3. The summed E-state index contributed by atoms with van der Waals surface area (Å²) in [5.74, 6) is 2.53. The monoisotopic (exact) mass is 429 g/mol. The quantitative estimate of drug-likeness (QED) is 0.667. The fourth-order valence-corrected chi connectivity index (χ4v) is 4.31. The van der Waals surface area contributed by atoms with E-state index in [9.17, 15) is 4.79 Å². The van der Waals surface area contributed by atoms with E-state index in [1.165, 1.54) is 0 Å². The minimum atomic E-state index is 0.232. The molecule has 0 N–H and O–H groups in total. The van der Waals surface area contributed by atoms with Crippen LogP contribution in [-0.2, 0) is 4.79 Å². The molecule has 4 rings (SSSR count). The molecule has 1 aliphatic carbocycles. The van der Waals surface area contributed by atoms with E-state index in [0.29, 0.717) is 23.9 Å². The number of hydrogen-bond donors (Lipinski definition) is 0. The lowest BCUT2D eigenvalue weighted by Gasteiger charge is -2.35. The Kier molecular flexibility index (Phi) is 6.44. The Morgan fingerprint density at radius 2 is 1.93 bits per heavy atom. The SMILES string of the molecule is CCN1CCN(C(=O)CCN(c2nc(C3CC3)nc3cc(Cl)ccc23)C(C)C)CC1. The molecule has 6 nitrogen and oxygen atoms in total. The van der Waals surface area contributed by atoms with Gasteiger partial charge >= 0.3 is 0 Å². The maximum absolute atomic E-state index is 12.9. The molecule has 2 fully saturated rings. The van der Waals surface area contributed by atoms with Crippen LogP contribution in [0.5, 0.6) is 0 Å². The maximum atomic E-state index is 12.9. The summed E-state index contributed by atoms with van der Waals surface area (Å²) in [6.07, 6.45) is 2.80. The smallest absolute Gasteiger partial charge is 0.224 e. The van der Waals surface area contributed by atoms with Gasteiger partial charge in [-0.25, -0.2) is 9.97 Å². The van der Waals surface area contributed by atoms with Crippen molar-refractivity contribution in [3.05, 3.63) is 29.0 Å². The molecule has 2 heterocycles. The number of amides is 1. The molecule has 1 aliphatic heterocycles. The molecule has 0 atom stereocenters. The largest absolute Gasteiger partial charge is 0.353 e. The minimum Gasteiger partial charge on any atom is -0.353 e. The van der Waals surface area contributed by atoms with Gasteiger partial charge in [-0.05, 0) is 51.4 Å². The highest BCUT2D eigenvalue weighted by molar-refractivity contribution is 6.31. The topological polar surface area (TPSA) is 52.6 Å². The van der Waals surface area contributed by atoms with Crippen molar-refractivity contribution in [3.8, 4) is 0 Å². The number of nitrogens with zero attached hydrogens (tertiary/aromatic N) is 5. The second-order valence-corrected chi connectivity index (χ2v) is 9.13. The lowest BCUT2D eigenvalue weighted by atomic mass is 10.1. The van der Waals surface area contributed by atoms with Gasteiger partial charge in [-0.2, -0.15) is 0 Å². The van der Waals surface area contributed by atoms with Crippen LogP contribution in [0.4, 0.5) is 5.82 Å². The standard InChI is InChI=1S/C23H32ClN5O/c1-4-27-11-13-28(14-12-27)21(30)9-10-29(16(2)3)23-19-8-7-18(24)15-20(19)25-22(26-23)17-5-6-17/h7-8,15-17H,4-6,9-14H2,1-3H3. The fourth-order valence-electron chi connectivity index (χ4n) is 4.14. The third kappa shape index (κ3) is 4.70. The molecule has 30 heavy (non-hydrogen) atoms. The van der Waals surface area contributed by atoms with Crippen molar-refractivity contribution in [1.82, 2.24) is 19.8 Å². The molecule has 7 heteroatoms. The number of anilines is 1. The molecular formula is C23H32ClN5O. The second-order valence-electron chi connectivity index (χ2n) is 8.69. The molecule has 1 aromatic heterocycles. The van der Waals surface area contributed by atoms with Crippen molar-refractivity contribution in [2.75, 3.05) is 44.2 Å². The molecule has 1 aromatic carbocycles. The van der Waals surface area contributed by atoms with Gasteiger partial charge in [0.1, 0.15) is 11.6 Å². The zero-order valence-electron chi connectivity index (χ0n) is 18.3. The zero-order chi connectivity index (χ0) is 21.3. The van der Waals surface area contributed by atoms with Crippen molar-refractivity contribution < 1.29 is 4.79 Å². The van der Waals surface area contributed by atoms with Crippen LogP contribution in [0.25, 0.3) is 10.9 Å². The summed E-state index contributed by atoms with van der Waals surface area (Å²) in [6, 6.07) is 6.05. The van der Waals surface area contributed by atoms with Crippen molar-refractivity contribution in [1.29, 1.82) is 0 Å². The Labute approximate surface area is 184 Å². The van der Waals surface area contributed by atoms with Gasteiger partial charge in [0.25, 0.3) is 0 Å². The fraction of sp³-hybridized carbons (Fsp3) is 0.609. The van der Waals surface area contributed by atoms with Crippen LogP contribution >= 0.6 is 11.6 Å². The van der Waals surface area contributed by atoms with Gasteiger partial charge in [-0.3, -0.25) is 4.79 Å². The van der Waals surface area contributed by atoms with E-state index in [4.69, 9.17) is 21.6 Å². The lowest BCUT2D eigenvalue weighted by molar-refractivity contribution is -0.132. The first-order chi connectivity index (χ1) is 14.5. The lowest BCUT2D eigenvalue weighted by Crippen LogP contribution is -2.49. The number of hydrogen-bond acceptors (Lipinski definition) is 5. The first-order valence-electron chi connectivity index (χ1n) is 11.2. The number of fused-ring (bicyclic) bond motifs is 1. The van der Waals surface area contributed by atoms with Crippen LogP contribution < -0.4 is 4.90 Å². The number of likely N-dealkylation sites (N-methyl/N-ethyl adjacent to an activating group) is 1. The molecule has 2 aromatic rings. The van der Waals surface area contributed by atoms with Gasteiger partial charge in [-0.1, -0.05) is 18.5 Å². The number of carbonyl (C=O) groups excluding carboxylic acids is 1. The second kappa shape index (κ2) is 9.06. The summed E-state index contributed by atoms with van der Waals surface area (Å²) in [5.41, 5.74) is 0.891. The van der Waals surface area contributed by atoms with Crippen LogP contribution in [0.3, 0.4) is 0 Å². The van der Waals surface area contributed by atoms with E-state index in [1.807, 2.05) is 23.1 Å². The Hall–Kier alpha value is -1.92. The molecular weight excluding hydrogens is 398 g/mol. The van der Waals surface area contributed by atoms with E-state index in [0.717, 1.165) is 68.1 Å². The molecule has 0 unspecified atom stereocenters. The minimum absolute atomic E-state index is 0.232. The van der Waals surface area contributed by atoms with Gasteiger partial charge < -0.3 is 14.7 Å². The van der Waals surface area contributed by atoms with Gasteiger partial charge in [-0.15, -0.1) is 0 Å². The van der Waals surface area contributed by atoms with E-state index >= 15 is 0 Å². The number of piperazine rings is 1. The third-order valence-corrected chi connectivity index (χ3v) is 6.47. The van der Waals surface area contributed by atoms with E-state index in [-0.39, 0.29) is 11.9 Å². The molecule has 0 spiro atoms. The summed E-state index contributed by atoms with van der Waals surface area (Å²) in [6.45, 7) is 11.8. The predicted molar refractivity (Wildman–Crippen MR) is 122 cm³/mol. The highest BCUT2D eigenvalue weighted by atomic mass is 35.5. The van der Waals surface area contributed by atoms with Gasteiger partial charge in [0.2, 0.25) is 5.91 Å². The first-order valence-corrected chi connectivity index (χ1v) is 11.6. The van der Waals surface area contributed by atoms with Gasteiger partial charge in [0, 0.05) is 61.5 Å². The number of rotatable bonds is 7. The van der Waals surface area contributed by atoms with Crippen molar-refractivity contribution >= 4 is 34.2 Å². The van der Waals surface area contributed by atoms with Crippen molar-refractivity contribution in [3.63, 3.8) is 0 Å². The van der Waals surface area contributed by atoms with Crippen LogP contribution in [0.1, 0.15) is 51.8 Å².